The van der Waals surface area contributed by atoms with Crippen molar-refractivity contribution in [2.75, 3.05) is 25.0 Å². The first-order valence-corrected chi connectivity index (χ1v) is 13.1. The first-order chi connectivity index (χ1) is 18.8. The van der Waals surface area contributed by atoms with Crippen LogP contribution >= 0.6 is 11.6 Å². The number of aromatic amines is 1. The summed E-state index contributed by atoms with van der Waals surface area (Å²) in [5.74, 6) is -0.921. The maximum atomic E-state index is 12.2. The Labute approximate surface area is 232 Å². The van der Waals surface area contributed by atoms with Gasteiger partial charge >= 0.3 is 5.97 Å². The zero-order valence-corrected chi connectivity index (χ0v) is 22.6. The number of H-pyrrole nitrogens is 1. The molecule has 0 spiro atoms. The predicted octanol–water partition coefficient (Wildman–Crippen LogP) is 5.68. The van der Waals surface area contributed by atoms with Gasteiger partial charge in [0.05, 0.1) is 22.5 Å². The van der Waals surface area contributed by atoms with Gasteiger partial charge in [0, 0.05) is 41.5 Å². The molecule has 8 nitrogen and oxygen atoms in total. The highest BCUT2D eigenvalue weighted by atomic mass is 35.5. The minimum Gasteiger partial charge on any atom is -0.494 e. The summed E-state index contributed by atoms with van der Waals surface area (Å²) in [6.07, 6.45) is 1.29. The van der Waals surface area contributed by atoms with Crippen molar-refractivity contribution in [3.05, 3.63) is 88.4 Å². The molecular formula is C30H31ClN4O4. The zero-order chi connectivity index (χ0) is 27.9. The van der Waals surface area contributed by atoms with Crippen LogP contribution in [0.25, 0.3) is 10.9 Å². The van der Waals surface area contributed by atoms with E-state index in [1.54, 1.807) is 24.0 Å². The Kier molecular flexibility index (Phi) is 9.01. The van der Waals surface area contributed by atoms with Gasteiger partial charge in [-0.05, 0) is 68.4 Å². The molecule has 1 amide bonds. The van der Waals surface area contributed by atoms with Gasteiger partial charge in [0.2, 0.25) is 5.91 Å². The van der Waals surface area contributed by atoms with Gasteiger partial charge < -0.3 is 25.4 Å². The highest BCUT2D eigenvalue weighted by molar-refractivity contribution is 6.31. The van der Waals surface area contributed by atoms with E-state index in [9.17, 15) is 14.7 Å². The molecule has 0 radical (unpaired) electrons. The number of anilines is 1. The van der Waals surface area contributed by atoms with Crippen LogP contribution in [0.4, 0.5) is 11.4 Å². The highest BCUT2D eigenvalue weighted by Crippen LogP contribution is 2.33. The quantitative estimate of drug-likeness (QED) is 0.143. The van der Waals surface area contributed by atoms with Crippen LogP contribution in [0.5, 0.6) is 5.88 Å². The number of benzene rings is 3. The Balaban J connectivity index is 1.75. The first kappa shape index (κ1) is 27.9. The number of aromatic nitrogens is 1. The van der Waals surface area contributed by atoms with Gasteiger partial charge in [-0.2, -0.15) is 0 Å². The van der Waals surface area contributed by atoms with E-state index in [1.165, 1.54) is 0 Å². The van der Waals surface area contributed by atoms with E-state index in [0.717, 1.165) is 35.2 Å². The number of rotatable bonds is 11. The number of carboxylic acids is 1. The Morgan fingerprint density at radius 1 is 1.05 bits per heavy atom. The number of halogens is 1. The molecule has 3 aromatic carbocycles. The van der Waals surface area contributed by atoms with E-state index in [0.29, 0.717) is 40.5 Å². The second-order valence-electron chi connectivity index (χ2n) is 9.23. The van der Waals surface area contributed by atoms with Gasteiger partial charge in [-0.25, -0.2) is 4.99 Å². The third-order valence-corrected chi connectivity index (χ3v) is 6.66. The molecule has 4 aromatic rings. The number of amides is 1. The number of aliphatic carboxylic acids is 1. The molecule has 0 bridgehead atoms. The standard InChI is InChI=1S/C30H31ClN4O4/c1-19(36)35(17-3-16-32-2)24-12-10-23(11-13-24)33-29(21-7-4-20(5-8-21)6-15-27(37)38)28-25-14-9-22(31)18-26(25)34-30(28)39/h4-5,7-14,18,32,34,39H,3,6,15-17H2,1-2H3,(H,37,38). The lowest BCUT2D eigenvalue weighted by atomic mass is 9.98. The molecule has 0 unspecified atom stereocenters. The fourth-order valence-corrected chi connectivity index (χ4v) is 4.63. The third kappa shape index (κ3) is 6.85. The number of carbonyl (C=O) groups excluding carboxylic acids is 1. The summed E-state index contributed by atoms with van der Waals surface area (Å²) in [5, 5.41) is 24.3. The van der Waals surface area contributed by atoms with Crippen LogP contribution in [-0.2, 0) is 16.0 Å². The number of aryl methyl sites for hydroxylation is 1. The summed E-state index contributed by atoms with van der Waals surface area (Å²) in [6, 6.07) is 20.2. The maximum absolute atomic E-state index is 12.2. The topological polar surface area (TPSA) is 118 Å². The van der Waals surface area contributed by atoms with Crippen LogP contribution in [-0.4, -0.2) is 52.9 Å². The predicted molar refractivity (Wildman–Crippen MR) is 156 cm³/mol. The number of hydrogen-bond acceptors (Lipinski definition) is 5. The van der Waals surface area contributed by atoms with Crippen LogP contribution in [0.3, 0.4) is 0 Å². The second-order valence-corrected chi connectivity index (χ2v) is 9.67. The third-order valence-electron chi connectivity index (χ3n) is 6.42. The van der Waals surface area contributed by atoms with Gasteiger partial charge in [-0.1, -0.05) is 41.9 Å². The second kappa shape index (κ2) is 12.6. The highest BCUT2D eigenvalue weighted by Gasteiger charge is 2.19. The Hall–Kier alpha value is -4.14. The van der Waals surface area contributed by atoms with Crippen molar-refractivity contribution in [1.29, 1.82) is 0 Å². The minimum atomic E-state index is -0.850. The van der Waals surface area contributed by atoms with E-state index in [1.807, 2.05) is 61.6 Å². The molecule has 1 aromatic heterocycles. The number of aliphatic imine (C=N–C) groups is 1. The van der Waals surface area contributed by atoms with Crippen LogP contribution in [0.2, 0.25) is 5.02 Å². The Morgan fingerprint density at radius 2 is 1.77 bits per heavy atom. The number of nitrogens with one attached hydrogen (secondary N) is 2. The fourth-order valence-electron chi connectivity index (χ4n) is 4.46. The van der Waals surface area contributed by atoms with E-state index in [-0.39, 0.29) is 18.2 Å². The van der Waals surface area contributed by atoms with Crippen molar-refractivity contribution in [3.8, 4) is 5.88 Å². The molecule has 9 heteroatoms. The van der Waals surface area contributed by atoms with E-state index in [4.69, 9.17) is 21.7 Å². The van der Waals surface area contributed by atoms with Crippen LogP contribution < -0.4 is 10.2 Å². The summed E-state index contributed by atoms with van der Waals surface area (Å²) < 4.78 is 0. The molecule has 0 aliphatic carbocycles. The first-order valence-electron chi connectivity index (χ1n) is 12.7. The molecule has 0 fully saturated rings. The van der Waals surface area contributed by atoms with E-state index < -0.39 is 5.97 Å². The summed E-state index contributed by atoms with van der Waals surface area (Å²) in [7, 11) is 1.88. The van der Waals surface area contributed by atoms with Gasteiger partial charge in [0.1, 0.15) is 0 Å². The molecule has 0 aliphatic rings. The summed E-state index contributed by atoms with van der Waals surface area (Å²) in [5.41, 5.74) is 4.81. The molecule has 4 rings (SSSR count). The van der Waals surface area contributed by atoms with Crippen molar-refractivity contribution >= 4 is 51.5 Å². The monoisotopic (exact) mass is 546 g/mol. The maximum Gasteiger partial charge on any atom is 0.303 e. The molecule has 0 aliphatic heterocycles. The fraction of sp³-hybridized carbons (Fsp3) is 0.233. The van der Waals surface area contributed by atoms with Crippen molar-refractivity contribution < 1.29 is 19.8 Å². The number of aromatic hydroxyl groups is 1. The SMILES string of the molecule is CNCCCN(C(C)=O)c1ccc(N=C(c2ccc(CCC(=O)O)cc2)c2c(O)[nH]c3cc(Cl)ccc23)cc1. The lowest BCUT2D eigenvalue weighted by Crippen LogP contribution is -2.31. The number of hydrogen-bond donors (Lipinski definition) is 4. The molecule has 0 atom stereocenters. The van der Waals surface area contributed by atoms with E-state index >= 15 is 0 Å². The molecule has 0 saturated heterocycles. The summed E-state index contributed by atoms with van der Waals surface area (Å²) >= 11 is 6.17. The average Bonchev–Trinajstić information content (AvgIpc) is 3.23. The summed E-state index contributed by atoms with van der Waals surface area (Å²) in [6.45, 7) is 2.96. The van der Waals surface area contributed by atoms with Gasteiger partial charge in [0.15, 0.2) is 5.88 Å². The molecule has 4 N–H and O–H groups in total. The average molecular weight is 547 g/mol. The molecule has 202 valence electrons. The van der Waals surface area contributed by atoms with Gasteiger partial charge in [-0.3, -0.25) is 9.59 Å². The number of nitrogens with zero attached hydrogens (tertiary/aromatic N) is 2. The van der Waals surface area contributed by atoms with Crippen LogP contribution in [0.15, 0.2) is 71.7 Å². The van der Waals surface area contributed by atoms with Crippen LogP contribution in [0.1, 0.15) is 36.5 Å². The Bertz CT molecular complexity index is 1490. The largest absolute Gasteiger partial charge is 0.494 e. The molecule has 39 heavy (non-hydrogen) atoms. The zero-order valence-electron chi connectivity index (χ0n) is 21.9. The smallest absolute Gasteiger partial charge is 0.303 e. The van der Waals surface area contributed by atoms with Gasteiger partial charge in [-0.15, -0.1) is 0 Å². The van der Waals surface area contributed by atoms with Gasteiger partial charge in [0.25, 0.3) is 0 Å². The van der Waals surface area contributed by atoms with Crippen molar-refractivity contribution in [2.24, 2.45) is 4.99 Å². The number of fused-ring (bicyclic) bond motifs is 1. The molecular weight excluding hydrogens is 516 g/mol. The van der Waals surface area contributed by atoms with Crippen molar-refractivity contribution in [1.82, 2.24) is 10.3 Å². The van der Waals surface area contributed by atoms with Crippen LogP contribution in [0, 0.1) is 0 Å². The summed E-state index contributed by atoms with van der Waals surface area (Å²) in [4.78, 5) is 32.9. The minimum absolute atomic E-state index is 0.0339. The molecule has 1 heterocycles. The van der Waals surface area contributed by atoms with Crippen molar-refractivity contribution in [2.45, 2.75) is 26.2 Å². The number of carbonyl (C=O) groups is 2. The Morgan fingerprint density at radius 3 is 2.41 bits per heavy atom. The normalized spacial score (nSPS) is 11.6. The lowest BCUT2D eigenvalue weighted by Gasteiger charge is -2.21. The lowest BCUT2D eigenvalue weighted by molar-refractivity contribution is -0.137. The van der Waals surface area contributed by atoms with E-state index in [2.05, 4.69) is 10.3 Å². The van der Waals surface area contributed by atoms with Crippen molar-refractivity contribution in [3.63, 3.8) is 0 Å². The number of carboxylic acid groups (broad SMARTS) is 1. The molecule has 0 saturated carbocycles.